The Bertz CT molecular complexity index is 1810. The predicted octanol–water partition coefficient (Wildman–Crippen LogP) is 14.6. The largest absolute Gasteiger partial charge is 0.394 e. The van der Waals surface area contributed by atoms with E-state index in [9.17, 15) is 61.0 Å². The number of ether oxygens (including phenoxy) is 6. The van der Waals surface area contributed by atoms with Gasteiger partial charge in [0.1, 0.15) is 73.2 Å². The van der Waals surface area contributed by atoms with Crippen LogP contribution in [0.2, 0.25) is 0 Å². The molecule has 0 aromatic heterocycles. The van der Waals surface area contributed by atoms with E-state index >= 15 is 0 Å². The lowest BCUT2D eigenvalue weighted by Crippen LogP contribution is -2.66. The van der Waals surface area contributed by atoms with Gasteiger partial charge < -0.3 is 89.9 Å². The van der Waals surface area contributed by atoms with Crippen LogP contribution < -0.4 is 5.32 Å². The van der Waals surface area contributed by atoms with Crippen molar-refractivity contribution in [2.24, 2.45) is 0 Å². The third-order valence-electron chi connectivity index (χ3n) is 21.7. The minimum Gasteiger partial charge on any atom is -0.394 e. The van der Waals surface area contributed by atoms with E-state index in [4.69, 9.17) is 28.4 Å². The Morgan fingerprint density at radius 2 is 0.570 bits per heavy atom. The predicted molar refractivity (Wildman–Crippen MR) is 397 cm³/mol. The van der Waals surface area contributed by atoms with Gasteiger partial charge in [0.15, 0.2) is 18.9 Å². The lowest BCUT2D eigenvalue weighted by molar-refractivity contribution is -0.379. The van der Waals surface area contributed by atoms with E-state index in [0.717, 1.165) is 44.9 Å². The van der Waals surface area contributed by atoms with Crippen LogP contribution >= 0.6 is 0 Å². The first-order chi connectivity index (χ1) is 48.8. The van der Waals surface area contributed by atoms with E-state index < -0.39 is 124 Å². The van der Waals surface area contributed by atoms with Crippen LogP contribution in [-0.2, 0) is 33.2 Å². The van der Waals surface area contributed by atoms with E-state index in [-0.39, 0.29) is 18.9 Å². The fourth-order valence-corrected chi connectivity index (χ4v) is 14.9. The molecule has 3 aliphatic heterocycles. The van der Waals surface area contributed by atoms with Gasteiger partial charge >= 0.3 is 0 Å². The van der Waals surface area contributed by atoms with Crippen molar-refractivity contribution in [2.45, 2.75) is 484 Å². The number of carbonyl (C=O) groups is 1. The molecule has 0 aromatic carbocycles. The van der Waals surface area contributed by atoms with Gasteiger partial charge in [0.05, 0.1) is 38.6 Å². The fraction of sp³-hybridized carbons (Fsp3) is 0.988. The molecule has 594 valence electrons. The third-order valence-corrected chi connectivity index (χ3v) is 21.7. The molecule has 3 saturated heterocycles. The normalized spacial score (nSPS) is 26.4. The summed E-state index contributed by atoms with van der Waals surface area (Å²) in [6.45, 7) is 1.88. The smallest absolute Gasteiger partial charge is 0.220 e. The molecule has 0 aliphatic carbocycles. The molecule has 1 amide bonds. The summed E-state index contributed by atoms with van der Waals surface area (Å²) in [4.78, 5) is 13.5. The number of aliphatic hydroxyl groups excluding tert-OH is 11. The maximum Gasteiger partial charge on any atom is 0.220 e. The average Bonchev–Trinajstić information content (AvgIpc) is 0.782. The van der Waals surface area contributed by atoms with Gasteiger partial charge in [0.2, 0.25) is 5.91 Å². The first-order valence-electron chi connectivity index (χ1n) is 42.3. The van der Waals surface area contributed by atoms with Gasteiger partial charge in [-0.3, -0.25) is 4.79 Å². The first kappa shape index (κ1) is 93.0. The molecule has 3 rings (SSSR count). The molecule has 0 aromatic rings. The topological polar surface area (TPSA) is 307 Å². The zero-order valence-electron chi connectivity index (χ0n) is 63.7. The zero-order valence-corrected chi connectivity index (χ0v) is 63.7. The molecule has 100 heavy (non-hydrogen) atoms. The highest BCUT2D eigenvalue weighted by molar-refractivity contribution is 5.76. The van der Waals surface area contributed by atoms with Crippen LogP contribution in [0.15, 0.2) is 0 Å². The van der Waals surface area contributed by atoms with Crippen LogP contribution in [0.5, 0.6) is 0 Å². The number of hydrogen-bond acceptors (Lipinski definition) is 18. The minimum atomic E-state index is -1.97. The number of rotatable bonds is 69. The fourth-order valence-electron chi connectivity index (χ4n) is 14.9. The Labute approximate surface area is 608 Å². The van der Waals surface area contributed by atoms with Gasteiger partial charge in [-0.25, -0.2) is 0 Å². The van der Waals surface area contributed by atoms with Crippen LogP contribution in [0.4, 0.5) is 0 Å². The number of amides is 1. The van der Waals surface area contributed by atoms with Crippen molar-refractivity contribution in [1.82, 2.24) is 5.32 Å². The summed E-state index contributed by atoms with van der Waals surface area (Å²) in [7, 11) is 0. The van der Waals surface area contributed by atoms with E-state index in [1.165, 1.54) is 302 Å². The van der Waals surface area contributed by atoms with Crippen molar-refractivity contribution in [3.8, 4) is 0 Å². The average molecular weight is 1430 g/mol. The minimum absolute atomic E-state index is 0.232. The lowest BCUT2D eigenvalue weighted by atomic mass is 9.96. The molecule has 19 heteroatoms. The monoisotopic (exact) mass is 1430 g/mol. The number of unbranched alkanes of at least 4 members (excludes halogenated alkanes) is 53. The van der Waals surface area contributed by atoms with Crippen molar-refractivity contribution in [3.63, 3.8) is 0 Å². The van der Waals surface area contributed by atoms with Gasteiger partial charge in [0.25, 0.3) is 0 Å². The molecule has 12 N–H and O–H groups in total. The molecule has 17 atom stereocenters. The second kappa shape index (κ2) is 62.8. The Morgan fingerprint density at radius 3 is 0.870 bits per heavy atom. The number of aliphatic hydroxyl groups is 11. The summed E-state index contributed by atoms with van der Waals surface area (Å²) in [5.74, 6) is -0.232. The molecular weight excluding hydrogens is 1270 g/mol. The van der Waals surface area contributed by atoms with E-state index in [2.05, 4.69) is 19.2 Å². The van der Waals surface area contributed by atoms with Gasteiger partial charge in [-0.1, -0.05) is 361 Å². The van der Waals surface area contributed by atoms with E-state index in [1.54, 1.807) is 0 Å². The second-order valence-electron chi connectivity index (χ2n) is 30.7. The molecule has 0 bridgehead atoms. The van der Waals surface area contributed by atoms with Crippen molar-refractivity contribution in [1.29, 1.82) is 0 Å². The Balaban J connectivity index is 1.35. The molecule has 3 aliphatic rings. The maximum atomic E-state index is 13.5. The molecule has 17 unspecified atom stereocenters. The van der Waals surface area contributed by atoms with E-state index in [1.807, 2.05) is 0 Å². The molecule has 3 fully saturated rings. The molecular formula is C81H157NO18. The highest BCUT2D eigenvalue weighted by atomic mass is 16.8. The van der Waals surface area contributed by atoms with Crippen LogP contribution in [-0.4, -0.2) is 193 Å². The van der Waals surface area contributed by atoms with Crippen molar-refractivity contribution < 1.29 is 89.4 Å². The summed E-state index contributed by atoms with van der Waals surface area (Å²) in [6, 6.07) is -0.884. The molecule has 0 spiro atoms. The standard InChI is InChI=1S/C81H157NO18/c1-3-5-7-9-11-13-15-17-19-21-23-25-27-29-31-33-34-36-38-40-42-44-46-48-50-52-54-56-58-65(86)64(82-69(87)59-57-55-53-51-49-47-45-43-41-39-37-35-32-30-28-26-24-22-20-18-16-14-12-10-8-6-4-2)63-95-79-75(93)72(90)77(67(61-84)97-79)100-81-76(94)73(91)78(68(62-85)98-81)99-80-74(92)71(89)70(88)66(60-83)96-80/h64-68,70-81,83-86,88-94H,3-63H2,1-2H3,(H,82,87). The van der Waals surface area contributed by atoms with Crippen molar-refractivity contribution in [2.75, 3.05) is 26.4 Å². The highest BCUT2D eigenvalue weighted by Crippen LogP contribution is 2.34. The summed E-state index contributed by atoms with van der Waals surface area (Å²) < 4.78 is 34.6. The number of carbonyl (C=O) groups excluding carboxylic acids is 1. The summed E-state index contributed by atoms with van der Waals surface area (Å²) in [5.41, 5.74) is 0. The molecule has 19 nitrogen and oxygen atoms in total. The van der Waals surface area contributed by atoms with Crippen LogP contribution in [0.1, 0.15) is 380 Å². The Hall–Kier alpha value is -1.21. The van der Waals surface area contributed by atoms with Gasteiger partial charge in [-0.05, 0) is 12.8 Å². The number of hydrogen-bond donors (Lipinski definition) is 12. The molecule has 3 heterocycles. The van der Waals surface area contributed by atoms with Gasteiger partial charge in [0, 0.05) is 6.42 Å². The highest BCUT2D eigenvalue weighted by Gasteiger charge is 2.54. The van der Waals surface area contributed by atoms with Gasteiger partial charge in [-0.15, -0.1) is 0 Å². The van der Waals surface area contributed by atoms with Crippen LogP contribution in [0.25, 0.3) is 0 Å². The summed E-state index contributed by atoms with van der Waals surface area (Å²) in [6.07, 6.45) is 46.3. The summed E-state index contributed by atoms with van der Waals surface area (Å²) >= 11 is 0. The third kappa shape index (κ3) is 42.4. The Kier molecular flexibility index (Phi) is 58.4. The SMILES string of the molecule is CCCCCCCCCCCCCCCCCCCCCCCCCCCCCCC(O)C(COC1OC(CO)C(OC2OC(CO)C(OC3OC(CO)C(O)C(O)C3O)C(O)C2O)C(O)C1O)NC(=O)CCCCCCCCCCCCCCCCCCCCCCCCCCCCC. The first-order valence-corrected chi connectivity index (χ1v) is 42.3. The quantitative estimate of drug-likeness (QED) is 0.0252. The maximum absolute atomic E-state index is 13.5. The lowest BCUT2D eigenvalue weighted by Gasteiger charge is -2.48. The second-order valence-corrected chi connectivity index (χ2v) is 30.7. The van der Waals surface area contributed by atoms with Crippen molar-refractivity contribution in [3.05, 3.63) is 0 Å². The Morgan fingerprint density at radius 1 is 0.320 bits per heavy atom. The van der Waals surface area contributed by atoms with Crippen molar-refractivity contribution >= 4 is 5.91 Å². The molecule has 0 saturated carbocycles. The van der Waals surface area contributed by atoms with E-state index in [0.29, 0.717) is 12.8 Å². The summed E-state index contributed by atoms with van der Waals surface area (Å²) in [5, 5.41) is 121. The van der Waals surface area contributed by atoms with Crippen LogP contribution in [0.3, 0.4) is 0 Å². The zero-order chi connectivity index (χ0) is 72.5. The van der Waals surface area contributed by atoms with Gasteiger partial charge in [-0.2, -0.15) is 0 Å². The van der Waals surface area contributed by atoms with Crippen LogP contribution in [0, 0.1) is 0 Å². The molecule has 0 radical (unpaired) electrons. The number of nitrogens with one attached hydrogen (secondary N) is 1.